The fourth-order valence-electron chi connectivity index (χ4n) is 1.62. The van der Waals surface area contributed by atoms with Crippen molar-refractivity contribution in [3.8, 4) is 11.5 Å². The number of aliphatic carboxylic acids is 1. The van der Waals surface area contributed by atoms with Crippen molar-refractivity contribution in [2.24, 2.45) is 0 Å². The topological polar surface area (TPSA) is 91.0 Å². The molecule has 0 aliphatic rings. The van der Waals surface area contributed by atoms with Gasteiger partial charge in [-0.15, -0.1) is 0 Å². The zero-order valence-corrected chi connectivity index (χ0v) is 11.8. The van der Waals surface area contributed by atoms with Crippen LogP contribution in [0.1, 0.15) is 12.5 Å². The summed E-state index contributed by atoms with van der Waals surface area (Å²) in [5.74, 6) is -0.179. The van der Waals surface area contributed by atoms with E-state index in [-0.39, 0.29) is 12.2 Å². The summed E-state index contributed by atoms with van der Waals surface area (Å²) in [6.45, 7) is 2.27. The van der Waals surface area contributed by atoms with E-state index in [9.17, 15) is 4.79 Å². The first-order valence-corrected chi connectivity index (χ1v) is 6.06. The second-order valence-electron chi connectivity index (χ2n) is 3.95. The average Bonchev–Trinajstić information content (AvgIpc) is 2.44. The smallest absolute Gasteiger partial charge is 0.333 e. The molecule has 0 heterocycles. The molecule has 3 N–H and O–H groups in total. The average molecular weight is 281 g/mol. The molecular formula is C14H19NO5. The second-order valence-corrected chi connectivity index (χ2v) is 3.95. The molecule has 0 aromatic heterocycles. The van der Waals surface area contributed by atoms with Crippen molar-refractivity contribution in [2.75, 3.05) is 33.2 Å². The molecule has 0 aliphatic heterocycles. The molecule has 1 rings (SSSR count). The number of carbonyl (C=O) groups is 1. The van der Waals surface area contributed by atoms with Gasteiger partial charge in [0.25, 0.3) is 0 Å². The second kappa shape index (κ2) is 7.40. The minimum atomic E-state index is -1.03. The number of anilines is 1. The van der Waals surface area contributed by atoms with Crippen LogP contribution in [-0.2, 0) is 9.53 Å². The third-order valence-corrected chi connectivity index (χ3v) is 2.64. The summed E-state index contributed by atoms with van der Waals surface area (Å²) in [6.07, 6.45) is 1.50. The lowest BCUT2D eigenvalue weighted by Gasteiger charge is -2.11. The molecule has 0 saturated heterocycles. The van der Waals surface area contributed by atoms with Gasteiger partial charge in [-0.3, -0.25) is 0 Å². The number of rotatable bonds is 7. The first-order valence-electron chi connectivity index (χ1n) is 6.06. The Hall–Kier alpha value is -2.21. The monoisotopic (exact) mass is 281 g/mol. The van der Waals surface area contributed by atoms with Crippen LogP contribution in [0.15, 0.2) is 17.7 Å². The number of ether oxygens (including phenoxy) is 3. The van der Waals surface area contributed by atoms with Gasteiger partial charge in [0.1, 0.15) is 17.2 Å². The van der Waals surface area contributed by atoms with Gasteiger partial charge in [-0.05, 0) is 30.7 Å². The number of methoxy groups -OCH3 is 2. The summed E-state index contributed by atoms with van der Waals surface area (Å²) in [4.78, 5) is 11.2. The highest BCUT2D eigenvalue weighted by Gasteiger charge is 2.11. The lowest BCUT2D eigenvalue weighted by atomic mass is 10.1. The Morgan fingerprint density at radius 1 is 1.30 bits per heavy atom. The van der Waals surface area contributed by atoms with E-state index in [1.165, 1.54) is 20.3 Å². The van der Waals surface area contributed by atoms with Crippen molar-refractivity contribution >= 4 is 17.7 Å². The lowest BCUT2D eigenvalue weighted by Crippen LogP contribution is -2.08. The molecule has 20 heavy (non-hydrogen) atoms. The van der Waals surface area contributed by atoms with Crippen LogP contribution in [0.5, 0.6) is 11.5 Å². The van der Waals surface area contributed by atoms with Crippen molar-refractivity contribution in [1.29, 1.82) is 0 Å². The Bertz CT molecular complexity index is 485. The Morgan fingerprint density at radius 3 is 2.25 bits per heavy atom. The van der Waals surface area contributed by atoms with Crippen LogP contribution >= 0.6 is 0 Å². The van der Waals surface area contributed by atoms with Crippen molar-refractivity contribution < 1.29 is 24.1 Å². The molecule has 0 amide bonds. The van der Waals surface area contributed by atoms with Gasteiger partial charge in [0.15, 0.2) is 0 Å². The zero-order chi connectivity index (χ0) is 15.1. The SMILES string of the molecule is CCOCC(=Cc1cc(OC)c(N)c(OC)c1)C(=O)O. The fourth-order valence-corrected chi connectivity index (χ4v) is 1.62. The van der Waals surface area contributed by atoms with Crippen molar-refractivity contribution in [3.05, 3.63) is 23.3 Å². The van der Waals surface area contributed by atoms with Crippen LogP contribution in [-0.4, -0.2) is 38.5 Å². The van der Waals surface area contributed by atoms with Crippen molar-refractivity contribution in [1.82, 2.24) is 0 Å². The maximum atomic E-state index is 11.2. The van der Waals surface area contributed by atoms with Gasteiger partial charge in [-0.2, -0.15) is 0 Å². The number of carboxylic acid groups (broad SMARTS) is 1. The number of nitrogens with two attached hydrogens (primary N) is 1. The van der Waals surface area contributed by atoms with E-state index in [0.29, 0.717) is 29.4 Å². The highest BCUT2D eigenvalue weighted by Crippen LogP contribution is 2.33. The van der Waals surface area contributed by atoms with Gasteiger partial charge in [0, 0.05) is 6.61 Å². The third kappa shape index (κ3) is 3.89. The summed E-state index contributed by atoms with van der Waals surface area (Å²) >= 11 is 0. The molecule has 6 heteroatoms. The van der Waals surface area contributed by atoms with Crippen LogP contribution in [0.25, 0.3) is 6.08 Å². The quantitative estimate of drug-likeness (QED) is 0.585. The summed E-state index contributed by atoms with van der Waals surface area (Å²) in [7, 11) is 2.97. The minimum Gasteiger partial charge on any atom is -0.494 e. The fraction of sp³-hybridized carbons (Fsp3) is 0.357. The first kappa shape index (κ1) is 15.8. The van der Waals surface area contributed by atoms with Crippen molar-refractivity contribution in [3.63, 3.8) is 0 Å². The molecule has 0 spiro atoms. The van der Waals surface area contributed by atoms with Crippen LogP contribution in [0.3, 0.4) is 0 Å². The van der Waals surface area contributed by atoms with Crippen LogP contribution in [0, 0.1) is 0 Å². The van der Waals surface area contributed by atoms with Gasteiger partial charge < -0.3 is 25.1 Å². The summed E-state index contributed by atoms with van der Waals surface area (Å²) in [5, 5.41) is 9.13. The number of hydrogen-bond acceptors (Lipinski definition) is 5. The first-order chi connectivity index (χ1) is 9.53. The van der Waals surface area contributed by atoms with Gasteiger partial charge in [0.05, 0.1) is 26.4 Å². The van der Waals surface area contributed by atoms with E-state index in [2.05, 4.69) is 0 Å². The molecule has 0 atom stereocenters. The van der Waals surface area contributed by atoms with Crippen LogP contribution < -0.4 is 15.2 Å². The normalized spacial score (nSPS) is 11.2. The molecule has 0 radical (unpaired) electrons. The van der Waals surface area contributed by atoms with E-state index in [1.54, 1.807) is 19.1 Å². The Kier molecular flexibility index (Phi) is 5.86. The maximum absolute atomic E-state index is 11.2. The predicted molar refractivity (Wildman–Crippen MR) is 76.1 cm³/mol. The molecule has 0 saturated carbocycles. The summed E-state index contributed by atoms with van der Waals surface area (Å²) in [6, 6.07) is 3.29. The molecule has 110 valence electrons. The highest BCUT2D eigenvalue weighted by molar-refractivity contribution is 5.92. The molecule has 0 unspecified atom stereocenters. The largest absolute Gasteiger partial charge is 0.494 e. The molecule has 1 aromatic rings. The molecule has 0 bridgehead atoms. The minimum absolute atomic E-state index is 0.0286. The summed E-state index contributed by atoms with van der Waals surface area (Å²) < 4.78 is 15.4. The number of benzene rings is 1. The Balaban J connectivity index is 3.19. The van der Waals surface area contributed by atoms with E-state index < -0.39 is 5.97 Å². The van der Waals surface area contributed by atoms with Gasteiger partial charge in [-0.1, -0.05) is 0 Å². The van der Waals surface area contributed by atoms with Crippen LogP contribution in [0.4, 0.5) is 5.69 Å². The van der Waals surface area contributed by atoms with Gasteiger partial charge in [-0.25, -0.2) is 4.79 Å². The van der Waals surface area contributed by atoms with E-state index in [4.69, 9.17) is 25.1 Å². The summed E-state index contributed by atoms with van der Waals surface area (Å²) in [5.41, 5.74) is 6.96. The standard InChI is InChI=1S/C14H19NO5/c1-4-20-8-10(14(16)17)5-9-6-11(18-2)13(15)12(7-9)19-3/h5-7H,4,8,15H2,1-3H3,(H,16,17). The lowest BCUT2D eigenvalue weighted by molar-refractivity contribution is -0.133. The molecule has 6 nitrogen and oxygen atoms in total. The van der Waals surface area contributed by atoms with Crippen molar-refractivity contribution in [2.45, 2.75) is 6.92 Å². The predicted octanol–water partition coefficient (Wildman–Crippen LogP) is 1.79. The maximum Gasteiger partial charge on any atom is 0.333 e. The van der Waals surface area contributed by atoms with Crippen LogP contribution in [0.2, 0.25) is 0 Å². The Labute approximate surface area is 117 Å². The number of carboxylic acids is 1. The zero-order valence-electron chi connectivity index (χ0n) is 11.8. The number of hydrogen-bond donors (Lipinski definition) is 2. The molecule has 0 aliphatic carbocycles. The third-order valence-electron chi connectivity index (χ3n) is 2.64. The van der Waals surface area contributed by atoms with E-state index >= 15 is 0 Å². The van der Waals surface area contributed by atoms with E-state index in [1.807, 2.05) is 0 Å². The van der Waals surface area contributed by atoms with E-state index in [0.717, 1.165) is 0 Å². The molecule has 1 aromatic carbocycles. The Morgan fingerprint density at radius 2 is 1.85 bits per heavy atom. The van der Waals surface area contributed by atoms with Gasteiger partial charge >= 0.3 is 5.97 Å². The molecular weight excluding hydrogens is 262 g/mol. The van der Waals surface area contributed by atoms with Gasteiger partial charge in [0.2, 0.25) is 0 Å². The number of nitrogen functional groups attached to an aromatic ring is 1. The highest BCUT2D eigenvalue weighted by atomic mass is 16.5. The molecule has 0 fully saturated rings.